The minimum Gasteiger partial charge on any atom is -0.342 e. The largest absolute Gasteiger partial charge is 0.342 e. The predicted octanol–water partition coefficient (Wildman–Crippen LogP) is 7.22. The van der Waals surface area contributed by atoms with E-state index in [0.29, 0.717) is 0 Å². The fourth-order valence-corrected chi connectivity index (χ4v) is 3.35. The average molecular weight is 337 g/mol. The van der Waals surface area contributed by atoms with E-state index in [9.17, 15) is 0 Å². The monoisotopic (exact) mass is 336 g/mol. The summed E-state index contributed by atoms with van der Waals surface area (Å²) in [6, 6.07) is 0. The van der Waals surface area contributed by atoms with Gasteiger partial charge >= 0.3 is 0 Å². The van der Waals surface area contributed by atoms with Gasteiger partial charge in [-0.05, 0) is 6.42 Å². The summed E-state index contributed by atoms with van der Waals surface area (Å²) in [6.07, 6.45) is 22.6. The van der Waals surface area contributed by atoms with Crippen LogP contribution in [0.1, 0.15) is 123 Å². The first-order valence-corrected chi connectivity index (χ1v) is 10.4. The average Bonchev–Trinajstić information content (AvgIpc) is 3.10. The highest BCUT2D eigenvalue weighted by atomic mass is 16.5. The summed E-state index contributed by atoms with van der Waals surface area (Å²) < 4.78 is 5.21. The summed E-state index contributed by atoms with van der Waals surface area (Å²) >= 11 is 0. The third kappa shape index (κ3) is 10.1. The predicted molar refractivity (Wildman–Crippen MR) is 102 cm³/mol. The van der Waals surface area contributed by atoms with Crippen LogP contribution in [-0.2, 0) is 5.41 Å². The Hall–Kier alpha value is -0.860. The van der Waals surface area contributed by atoms with Crippen molar-refractivity contribution in [2.24, 2.45) is 0 Å². The highest BCUT2D eigenvalue weighted by Gasteiger charge is 2.24. The molecular weight excluding hydrogens is 296 g/mol. The standard InChI is InChI=1S/C21H40N2O/c1-4-5-6-7-8-9-10-11-12-13-14-15-16-17-18-21(2,3)20-19-22-23-24-20/h19H,4-18H2,1-3H3. The van der Waals surface area contributed by atoms with Crippen molar-refractivity contribution in [3.8, 4) is 0 Å². The molecule has 0 saturated heterocycles. The van der Waals surface area contributed by atoms with Crippen molar-refractivity contribution >= 4 is 0 Å². The summed E-state index contributed by atoms with van der Waals surface area (Å²) in [7, 11) is 0. The summed E-state index contributed by atoms with van der Waals surface area (Å²) in [5, 5.41) is 7.37. The van der Waals surface area contributed by atoms with Crippen LogP contribution < -0.4 is 0 Å². The van der Waals surface area contributed by atoms with Crippen LogP contribution in [0.15, 0.2) is 10.7 Å². The topological polar surface area (TPSA) is 38.9 Å². The lowest BCUT2D eigenvalue weighted by molar-refractivity contribution is 0.289. The molecule has 0 spiro atoms. The molecule has 0 radical (unpaired) electrons. The first kappa shape index (κ1) is 21.2. The fraction of sp³-hybridized carbons (Fsp3) is 0.905. The maximum atomic E-state index is 5.21. The molecule has 1 rings (SSSR count). The van der Waals surface area contributed by atoms with E-state index in [4.69, 9.17) is 4.52 Å². The van der Waals surface area contributed by atoms with Gasteiger partial charge in [0.2, 0.25) is 0 Å². The van der Waals surface area contributed by atoms with Crippen molar-refractivity contribution < 1.29 is 4.52 Å². The molecule has 0 aliphatic heterocycles. The molecule has 0 atom stereocenters. The molecule has 0 unspecified atom stereocenters. The van der Waals surface area contributed by atoms with Crippen LogP contribution in [0.25, 0.3) is 0 Å². The third-order valence-electron chi connectivity index (χ3n) is 5.18. The summed E-state index contributed by atoms with van der Waals surface area (Å²) in [6.45, 7) is 6.73. The molecule has 24 heavy (non-hydrogen) atoms. The number of hydrogen-bond donors (Lipinski definition) is 0. The lowest BCUT2D eigenvalue weighted by Gasteiger charge is -2.20. The van der Waals surface area contributed by atoms with Crippen molar-refractivity contribution in [3.63, 3.8) is 0 Å². The van der Waals surface area contributed by atoms with Crippen LogP contribution in [0.5, 0.6) is 0 Å². The van der Waals surface area contributed by atoms with Crippen molar-refractivity contribution in [1.29, 1.82) is 0 Å². The van der Waals surface area contributed by atoms with Crippen molar-refractivity contribution in [2.75, 3.05) is 0 Å². The summed E-state index contributed by atoms with van der Waals surface area (Å²) in [5.74, 6) is 0.914. The van der Waals surface area contributed by atoms with Gasteiger partial charge in [0.15, 0.2) is 5.76 Å². The molecule has 0 aliphatic carbocycles. The quantitative estimate of drug-likeness (QED) is 0.299. The lowest BCUT2D eigenvalue weighted by Crippen LogP contribution is -2.15. The third-order valence-corrected chi connectivity index (χ3v) is 5.18. The maximum absolute atomic E-state index is 5.21. The Labute approximate surface area is 150 Å². The Bertz CT molecular complexity index is 373. The smallest absolute Gasteiger partial charge is 0.162 e. The Morgan fingerprint density at radius 3 is 1.62 bits per heavy atom. The van der Waals surface area contributed by atoms with Crippen LogP contribution in [0, 0.1) is 0 Å². The molecule has 140 valence electrons. The van der Waals surface area contributed by atoms with Crippen LogP contribution in [0.2, 0.25) is 0 Å². The zero-order valence-corrected chi connectivity index (χ0v) is 16.5. The van der Waals surface area contributed by atoms with Gasteiger partial charge in [-0.3, -0.25) is 0 Å². The molecule has 0 aromatic carbocycles. The molecule has 1 aromatic rings. The number of hydrogen-bond acceptors (Lipinski definition) is 3. The number of rotatable bonds is 16. The normalized spacial score (nSPS) is 12.0. The maximum Gasteiger partial charge on any atom is 0.162 e. The highest BCUT2D eigenvalue weighted by molar-refractivity contribution is 5.04. The second-order valence-corrected chi connectivity index (χ2v) is 8.01. The SMILES string of the molecule is CCCCCCCCCCCCCCCCC(C)(C)c1cnno1. The van der Waals surface area contributed by atoms with Gasteiger partial charge in [-0.1, -0.05) is 111 Å². The van der Waals surface area contributed by atoms with E-state index >= 15 is 0 Å². The molecule has 0 aliphatic rings. The highest BCUT2D eigenvalue weighted by Crippen LogP contribution is 2.28. The molecule has 0 amide bonds. The van der Waals surface area contributed by atoms with E-state index < -0.39 is 0 Å². The van der Waals surface area contributed by atoms with E-state index in [0.717, 1.165) is 12.2 Å². The first-order valence-electron chi connectivity index (χ1n) is 10.4. The van der Waals surface area contributed by atoms with Gasteiger partial charge in [0.25, 0.3) is 0 Å². The second kappa shape index (κ2) is 13.4. The molecule has 1 aromatic heterocycles. The van der Waals surface area contributed by atoms with Crippen LogP contribution in [0.4, 0.5) is 0 Å². The molecular formula is C21H40N2O. The molecule has 0 fully saturated rings. The van der Waals surface area contributed by atoms with Gasteiger partial charge in [-0.25, -0.2) is 0 Å². The number of unbranched alkanes of at least 4 members (excludes halogenated alkanes) is 13. The van der Waals surface area contributed by atoms with Crippen LogP contribution in [-0.4, -0.2) is 10.4 Å². The Balaban J connectivity index is 1.82. The molecule has 1 heterocycles. The Morgan fingerprint density at radius 2 is 1.21 bits per heavy atom. The number of aromatic nitrogens is 2. The summed E-state index contributed by atoms with van der Waals surface area (Å²) in [4.78, 5) is 0. The van der Waals surface area contributed by atoms with Gasteiger partial charge in [0.1, 0.15) is 0 Å². The Kier molecular flexibility index (Phi) is 11.9. The molecule has 0 N–H and O–H groups in total. The molecule has 3 nitrogen and oxygen atoms in total. The van der Waals surface area contributed by atoms with Crippen LogP contribution in [0.3, 0.4) is 0 Å². The van der Waals surface area contributed by atoms with Crippen LogP contribution >= 0.6 is 0 Å². The first-order chi connectivity index (χ1) is 11.7. The molecule has 0 bridgehead atoms. The van der Waals surface area contributed by atoms with E-state index in [-0.39, 0.29) is 5.41 Å². The van der Waals surface area contributed by atoms with Gasteiger partial charge in [0, 0.05) is 10.7 Å². The zero-order chi connectivity index (χ0) is 17.5. The van der Waals surface area contributed by atoms with Crippen molar-refractivity contribution in [3.05, 3.63) is 12.0 Å². The minimum atomic E-state index is 0.0701. The fourth-order valence-electron chi connectivity index (χ4n) is 3.35. The van der Waals surface area contributed by atoms with Crippen molar-refractivity contribution in [1.82, 2.24) is 10.4 Å². The zero-order valence-electron chi connectivity index (χ0n) is 16.5. The van der Waals surface area contributed by atoms with Gasteiger partial charge < -0.3 is 4.52 Å². The molecule has 3 heteroatoms. The molecule has 0 saturated carbocycles. The lowest BCUT2D eigenvalue weighted by atomic mass is 9.84. The van der Waals surface area contributed by atoms with E-state index in [2.05, 4.69) is 31.1 Å². The number of nitrogens with zero attached hydrogens (tertiary/aromatic N) is 2. The van der Waals surface area contributed by atoms with E-state index in [1.165, 1.54) is 89.9 Å². The van der Waals surface area contributed by atoms with Gasteiger partial charge in [0.05, 0.1) is 6.20 Å². The van der Waals surface area contributed by atoms with E-state index in [1.807, 2.05) is 0 Å². The second-order valence-electron chi connectivity index (χ2n) is 8.01. The minimum absolute atomic E-state index is 0.0701. The van der Waals surface area contributed by atoms with Gasteiger partial charge in [-0.15, -0.1) is 5.10 Å². The van der Waals surface area contributed by atoms with Gasteiger partial charge in [-0.2, -0.15) is 0 Å². The summed E-state index contributed by atoms with van der Waals surface area (Å²) in [5.41, 5.74) is 0.0701. The van der Waals surface area contributed by atoms with Crippen molar-refractivity contribution in [2.45, 2.75) is 122 Å². The van der Waals surface area contributed by atoms with E-state index in [1.54, 1.807) is 6.20 Å². The Morgan fingerprint density at radius 1 is 0.750 bits per heavy atom.